The molecule has 5 rings (SSSR count). The molecule has 2 aromatic heterocycles. The molecule has 0 spiro atoms. The molecule has 0 radical (unpaired) electrons. The van der Waals surface area contributed by atoms with Crippen molar-refractivity contribution in [1.29, 1.82) is 0 Å². The van der Waals surface area contributed by atoms with Crippen LogP contribution in [0.1, 0.15) is 15.9 Å². The molecule has 0 saturated carbocycles. The van der Waals surface area contributed by atoms with E-state index < -0.39 is 0 Å². The van der Waals surface area contributed by atoms with Crippen LogP contribution in [0.15, 0.2) is 66.4 Å². The van der Waals surface area contributed by atoms with Crippen LogP contribution >= 0.6 is 11.3 Å². The number of carbonyl (C=O) groups is 1. The summed E-state index contributed by atoms with van der Waals surface area (Å²) < 4.78 is 5.41. The minimum absolute atomic E-state index is 0.164. The van der Waals surface area contributed by atoms with E-state index in [1.165, 1.54) is 17.7 Å². The molecular weight excluding hydrogens is 448 g/mol. The Morgan fingerprint density at radius 1 is 1.06 bits per heavy atom. The Morgan fingerprint density at radius 2 is 1.88 bits per heavy atom. The minimum Gasteiger partial charge on any atom is -0.378 e. The zero-order chi connectivity index (χ0) is 23.3. The number of anilines is 4. The van der Waals surface area contributed by atoms with Crippen LogP contribution in [0.5, 0.6) is 0 Å². The third kappa shape index (κ3) is 5.05. The maximum atomic E-state index is 12.9. The molecule has 8 nitrogen and oxygen atoms in total. The highest BCUT2D eigenvalue weighted by Gasteiger charge is 2.13. The van der Waals surface area contributed by atoms with Crippen molar-refractivity contribution in [2.75, 3.05) is 41.8 Å². The largest absolute Gasteiger partial charge is 0.378 e. The molecular formula is C25H24N6O2S. The average Bonchev–Trinajstić information content (AvgIpc) is 3.35. The van der Waals surface area contributed by atoms with Crippen molar-refractivity contribution < 1.29 is 9.53 Å². The number of morpholine rings is 1. The fraction of sp³-hybridized carbons (Fsp3) is 0.200. The van der Waals surface area contributed by atoms with Gasteiger partial charge < -0.3 is 20.3 Å². The number of hydrogen-bond acceptors (Lipinski definition) is 8. The van der Waals surface area contributed by atoms with Crippen molar-refractivity contribution in [2.24, 2.45) is 0 Å². The zero-order valence-electron chi connectivity index (χ0n) is 18.7. The number of aryl methyl sites for hydroxylation is 1. The first-order chi connectivity index (χ1) is 16.7. The van der Waals surface area contributed by atoms with E-state index >= 15 is 0 Å². The van der Waals surface area contributed by atoms with Crippen LogP contribution in [0, 0.1) is 6.92 Å². The van der Waals surface area contributed by atoms with Gasteiger partial charge in [0.2, 0.25) is 0 Å². The quantitative estimate of drug-likeness (QED) is 0.419. The molecule has 1 aliphatic rings. The first-order valence-corrected chi connectivity index (χ1v) is 11.9. The fourth-order valence-corrected chi connectivity index (χ4v) is 4.40. The number of nitrogens with one attached hydrogen (secondary N) is 2. The first-order valence-electron chi connectivity index (χ1n) is 11.0. The fourth-order valence-electron chi connectivity index (χ4n) is 3.68. The normalized spacial score (nSPS) is 13.5. The molecule has 0 atom stereocenters. The molecule has 3 heterocycles. The third-order valence-corrected chi connectivity index (χ3v) is 6.35. The van der Waals surface area contributed by atoms with E-state index in [1.807, 2.05) is 60.8 Å². The Bertz CT molecular complexity index is 1270. The third-order valence-electron chi connectivity index (χ3n) is 5.59. The lowest BCUT2D eigenvalue weighted by molar-refractivity contribution is 0.102. The molecule has 2 aromatic carbocycles. The van der Waals surface area contributed by atoms with Gasteiger partial charge in [-0.1, -0.05) is 6.07 Å². The van der Waals surface area contributed by atoms with Crippen LogP contribution in [0.25, 0.3) is 11.4 Å². The van der Waals surface area contributed by atoms with Crippen LogP contribution in [0.2, 0.25) is 0 Å². The van der Waals surface area contributed by atoms with Gasteiger partial charge in [-0.15, -0.1) is 11.3 Å². The maximum absolute atomic E-state index is 12.9. The Labute approximate surface area is 201 Å². The highest BCUT2D eigenvalue weighted by molar-refractivity contribution is 7.14. The summed E-state index contributed by atoms with van der Waals surface area (Å²) >= 11 is 1.48. The van der Waals surface area contributed by atoms with Gasteiger partial charge in [-0.05, 0) is 55.0 Å². The molecule has 1 aliphatic heterocycles. The SMILES string of the molecule is Cc1ccc(C(=O)Nc2ccc(N3CCOCC3)cc2)cc1Nc1nc(-c2ccncn2)cs1. The number of carbonyl (C=O) groups excluding carboxylic acids is 1. The molecule has 1 fully saturated rings. The van der Waals surface area contributed by atoms with Gasteiger partial charge in [0.1, 0.15) is 12.0 Å². The van der Waals surface area contributed by atoms with E-state index in [9.17, 15) is 4.79 Å². The number of thiazole rings is 1. The Hall–Kier alpha value is -3.82. The topological polar surface area (TPSA) is 92.3 Å². The van der Waals surface area contributed by atoms with E-state index in [4.69, 9.17) is 4.74 Å². The monoisotopic (exact) mass is 472 g/mol. The number of ether oxygens (including phenoxy) is 1. The minimum atomic E-state index is -0.164. The molecule has 2 N–H and O–H groups in total. The lowest BCUT2D eigenvalue weighted by Crippen LogP contribution is -2.36. The number of rotatable bonds is 6. The van der Waals surface area contributed by atoms with Crippen LogP contribution < -0.4 is 15.5 Å². The molecule has 34 heavy (non-hydrogen) atoms. The summed E-state index contributed by atoms with van der Waals surface area (Å²) in [5, 5.41) is 8.99. The van der Waals surface area contributed by atoms with Crippen molar-refractivity contribution in [1.82, 2.24) is 15.0 Å². The van der Waals surface area contributed by atoms with Gasteiger partial charge in [0, 0.05) is 47.3 Å². The molecule has 0 unspecified atom stereocenters. The van der Waals surface area contributed by atoms with Gasteiger partial charge in [0.15, 0.2) is 5.13 Å². The summed E-state index contributed by atoms with van der Waals surface area (Å²) in [4.78, 5) is 28.0. The second-order valence-corrected chi connectivity index (χ2v) is 8.75. The maximum Gasteiger partial charge on any atom is 0.255 e. The molecule has 4 aromatic rings. The Balaban J connectivity index is 1.27. The number of nitrogens with zero attached hydrogens (tertiary/aromatic N) is 4. The van der Waals surface area contributed by atoms with Crippen molar-refractivity contribution in [3.63, 3.8) is 0 Å². The van der Waals surface area contributed by atoms with E-state index in [0.29, 0.717) is 5.56 Å². The van der Waals surface area contributed by atoms with Gasteiger partial charge in [0.25, 0.3) is 5.91 Å². The Kier molecular flexibility index (Phi) is 6.46. The number of amides is 1. The van der Waals surface area contributed by atoms with Gasteiger partial charge in [0.05, 0.1) is 18.9 Å². The van der Waals surface area contributed by atoms with E-state index in [-0.39, 0.29) is 5.91 Å². The van der Waals surface area contributed by atoms with Gasteiger partial charge in [-0.25, -0.2) is 15.0 Å². The lowest BCUT2D eigenvalue weighted by Gasteiger charge is -2.28. The molecule has 0 bridgehead atoms. The van der Waals surface area contributed by atoms with E-state index in [0.717, 1.165) is 65.4 Å². The second-order valence-electron chi connectivity index (χ2n) is 7.89. The molecule has 1 saturated heterocycles. The molecule has 1 amide bonds. The summed E-state index contributed by atoms with van der Waals surface area (Å²) in [7, 11) is 0. The van der Waals surface area contributed by atoms with Gasteiger partial charge in [-0.2, -0.15) is 0 Å². The summed E-state index contributed by atoms with van der Waals surface area (Å²) in [6.45, 7) is 5.23. The van der Waals surface area contributed by atoms with Gasteiger partial charge in [-0.3, -0.25) is 4.79 Å². The van der Waals surface area contributed by atoms with Crippen LogP contribution in [-0.2, 0) is 4.74 Å². The van der Waals surface area contributed by atoms with E-state index in [2.05, 4.69) is 30.5 Å². The summed E-state index contributed by atoms with van der Waals surface area (Å²) in [5.74, 6) is -0.164. The first kappa shape index (κ1) is 22.0. The lowest BCUT2D eigenvalue weighted by atomic mass is 10.1. The predicted molar refractivity (Wildman–Crippen MR) is 135 cm³/mol. The van der Waals surface area contributed by atoms with Crippen molar-refractivity contribution in [3.8, 4) is 11.4 Å². The highest BCUT2D eigenvalue weighted by atomic mass is 32.1. The van der Waals surface area contributed by atoms with Crippen molar-refractivity contribution in [2.45, 2.75) is 6.92 Å². The van der Waals surface area contributed by atoms with Crippen LogP contribution in [-0.4, -0.2) is 47.2 Å². The number of hydrogen-bond donors (Lipinski definition) is 2. The summed E-state index contributed by atoms with van der Waals surface area (Å²) in [5.41, 5.74) is 5.85. The highest BCUT2D eigenvalue weighted by Crippen LogP contribution is 2.28. The molecule has 9 heteroatoms. The second kappa shape index (κ2) is 9.98. The number of benzene rings is 2. The van der Waals surface area contributed by atoms with Crippen molar-refractivity contribution >= 4 is 39.4 Å². The number of aromatic nitrogens is 3. The predicted octanol–water partition coefficient (Wildman–Crippen LogP) is 4.74. The Morgan fingerprint density at radius 3 is 2.65 bits per heavy atom. The smallest absolute Gasteiger partial charge is 0.255 e. The van der Waals surface area contributed by atoms with E-state index in [1.54, 1.807) is 6.20 Å². The average molecular weight is 473 g/mol. The van der Waals surface area contributed by atoms with Crippen LogP contribution in [0.3, 0.4) is 0 Å². The summed E-state index contributed by atoms with van der Waals surface area (Å²) in [6.07, 6.45) is 3.20. The van der Waals surface area contributed by atoms with Crippen molar-refractivity contribution in [3.05, 3.63) is 77.6 Å². The molecule has 172 valence electrons. The summed E-state index contributed by atoms with van der Waals surface area (Å²) in [6, 6.07) is 15.3. The van der Waals surface area contributed by atoms with Crippen LogP contribution in [0.4, 0.5) is 22.2 Å². The zero-order valence-corrected chi connectivity index (χ0v) is 19.5. The standard InChI is InChI=1S/C25H24N6O2S/c1-17-2-3-18(14-22(17)29-25-30-23(15-34-25)21-8-9-26-16-27-21)24(32)28-19-4-6-20(7-5-19)31-10-12-33-13-11-31/h2-9,14-16H,10-13H2,1H3,(H,28,32)(H,29,30). The molecule has 0 aliphatic carbocycles. The van der Waals surface area contributed by atoms with Gasteiger partial charge >= 0.3 is 0 Å².